The summed E-state index contributed by atoms with van der Waals surface area (Å²) in [6.07, 6.45) is 9.38. The highest BCUT2D eigenvalue weighted by Gasteiger charge is 2.50. The summed E-state index contributed by atoms with van der Waals surface area (Å²) in [6, 6.07) is 0. The minimum atomic E-state index is -0.323. The van der Waals surface area contributed by atoms with Gasteiger partial charge in [-0.15, -0.1) is 0 Å². The molecule has 3 aliphatic rings. The first-order valence-electron chi connectivity index (χ1n) is 9.26. The van der Waals surface area contributed by atoms with Gasteiger partial charge in [-0.25, -0.2) is 4.98 Å². The van der Waals surface area contributed by atoms with Gasteiger partial charge in [-0.1, -0.05) is 6.42 Å². The molecule has 6 nitrogen and oxygen atoms in total. The molecule has 3 heterocycles. The maximum Gasteiger partial charge on any atom is 0.232 e. The molecule has 2 amide bonds. The summed E-state index contributed by atoms with van der Waals surface area (Å²) in [5.74, 6) is 1.25. The molecule has 25 heavy (non-hydrogen) atoms. The van der Waals surface area contributed by atoms with Crippen LogP contribution in [0.2, 0.25) is 0 Å². The third kappa shape index (κ3) is 2.76. The van der Waals surface area contributed by atoms with Gasteiger partial charge in [-0.05, 0) is 31.9 Å². The fourth-order valence-electron chi connectivity index (χ4n) is 4.52. The Morgan fingerprint density at radius 2 is 2.08 bits per heavy atom. The van der Waals surface area contributed by atoms with Gasteiger partial charge in [0, 0.05) is 37.7 Å². The lowest BCUT2D eigenvalue weighted by atomic mass is 9.76. The molecule has 1 aromatic rings. The van der Waals surface area contributed by atoms with Crippen LogP contribution in [0, 0.1) is 5.92 Å². The molecular formula is C18H26N4O2S. The van der Waals surface area contributed by atoms with E-state index in [4.69, 9.17) is 0 Å². The number of aromatic amines is 1. The number of piperidine rings is 1. The van der Waals surface area contributed by atoms with Crippen molar-refractivity contribution < 1.29 is 9.59 Å². The Morgan fingerprint density at radius 3 is 2.72 bits per heavy atom. The van der Waals surface area contributed by atoms with Gasteiger partial charge in [-0.3, -0.25) is 9.59 Å². The maximum atomic E-state index is 13.1. The Morgan fingerprint density at radius 1 is 1.32 bits per heavy atom. The van der Waals surface area contributed by atoms with E-state index in [1.54, 1.807) is 18.1 Å². The van der Waals surface area contributed by atoms with E-state index in [1.165, 1.54) is 12.1 Å². The van der Waals surface area contributed by atoms with Crippen molar-refractivity contribution in [1.82, 2.24) is 19.8 Å². The number of imidazole rings is 1. The lowest BCUT2D eigenvalue weighted by molar-refractivity contribution is -0.150. The van der Waals surface area contributed by atoms with E-state index in [-0.39, 0.29) is 17.4 Å². The van der Waals surface area contributed by atoms with Crippen LogP contribution in [-0.2, 0) is 21.5 Å². The molecule has 136 valence electrons. The van der Waals surface area contributed by atoms with Crippen LogP contribution in [0.4, 0.5) is 0 Å². The van der Waals surface area contributed by atoms with Crippen molar-refractivity contribution in [3.05, 3.63) is 17.7 Å². The largest absolute Gasteiger partial charge is 0.348 e. The van der Waals surface area contributed by atoms with Crippen LogP contribution in [0.1, 0.15) is 43.5 Å². The molecule has 1 saturated heterocycles. The first kappa shape index (κ1) is 16.9. The Balaban J connectivity index is 1.59. The van der Waals surface area contributed by atoms with Crippen molar-refractivity contribution in [3.8, 4) is 0 Å². The van der Waals surface area contributed by atoms with E-state index in [1.807, 2.05) is 11.2 Å². The SMILES string of the molecule is CSCC(=O)N1CCC2(CC1)c1nc[nH]c1CCN2C(=O)C1CCC1. The number of aromatic nitrogens is 2. The van der Waals surface area contributed by atoms with Crippen LogP contribution in [0.3, 0.4) is 0 Å². The van der Waals surface area contributed by atoms with Gasteiger partial charge >= 0.3 is 0 Å². The highest BCUT2D eigenvalue weighted by atomic mass is 32.2. The fraction of sp³-hybridized carbons (Fsp3) is 0.722. The average Bonchev–Trinajstić information content (AvgIpc) is 3.04. The predicted molar refractivity (Wildman–Crippen MR) is 97.2 cm³/mol. The molecule has 0 atom stereocenters. The van der Waals surface area contributed by atoms with Crippen LogP contribution in [0.5, 0.6) is 0 Å². The minimum Gasteiger partial charge on any atom is -0.348 e. The highest BCUT2D eigenvalue weighted by molar-refractivity contribution is 7.99. The Hall–Kier alpha value is -1.50. The third-order valence-electron chi connectivity index (χ3n) is 6.19. The average molecular weight is 362 g/mol. The van der Waals surface area contributed by atoms with E-state index in [0.717, 1.165) is 44.3 Å². The van der Waals surface area contributed by atoms with Crippen molar-refractivity contribution in [1.29, 1.82) is 0 Å². The van der Waals surface area contributed by atoms with Gasteiger partial charge in [-0.2, -0.15) is 11.8 Å². The summed E-state index contributed by atoms with van der Waals surface area (Å²) < 4.78 is 0. The van der Waals surface area contributed by atoms with Crippen molar-refractivity contribution in [2.45, 2.75) is 44.1 Å². The van der Waals surface area contributed by atoms with Crippen LogP contribution in [-0.4, -0.2) is 63.2 Å². The van der Waals surface area contributed by atoms with Crippen molar-refractivity contribution >= 4 is 23.6 Å². The molecule has 0 radical (unpaired) electrons. The second-order valence-corrected chi connectivity index (χ2v) is 8.31. The number of carbonyl (C=O) groups excluding carboxylic acids is 2. The summed E-state index contributed by atoms with van der Waals surface area (Å²) in [4.78, 5) is 37.3. The Bertz CT molecular complexity index is 662. The molecule has 1 aliphatic carbocycles. The van der Waals surface area contributed by atoms with Gasteiger partial charge in [0.2, 0.25) is 11.8 Å². The first-order valence-corrected chi connectivity index (χ1v) is 10.7. The van der Waals surface area contributed by atoms with Gasteiger partial charge in [0.15, 0.2) is 0 Å². The molecular weight excluding hydrogens is 336 g/mol. The van der Waals surface area contributed by atoms with Gasteiger partial charge in [0.05, 0.1) is 23.3 Å². The van der Waals surface area contributed by atoms with Crippen molar-refractivity contribution in [2.24, 2.45) is 5.92 Å². The summed E-state index contributed by atoms with van der Waals surface area (Å²) >= 11 is 1.57. The van der Waals surface area contributed by atoms with E-state index in [0.29, 0.717) is 24.7 Å². The topological polar surface area (TPSA) is 69.3 Å². The Kier molecular flexibility index (Phi) is 4.52. The van der Waals surface area contributed by atoms with Crippen LogP contribution < -0.4 is 0 Å². The Labute approximate surface area is 152 Å². The smallest absolute Gasteiger partial charge is 0.232 e. The number of H-pyrrole nitrogens is 1. The number of amides is 2. The zero-order chi connectivity index (χ0) is 17.4. The number of nitrogens with zero attached hydrogens (tertiary/aromatic N) is 3. The van der Waals surface area contributed by atoms with Crippen molar-refractivity contribution in [2.75, 3.05) is 31.6 Å². The number of fused-ring (bicyclic) bond motifs is 2. The molecule has 4 rings (SSSR count). The summed E-state index contributed by atoms with van der Waals surface area (Å²) in [5, 5.41) is 0. The summed E-state index contributed by atoms with van der Waals surface area (Å²) in [5.41, 5.74) is 1.89. The van der Waals surface area contributed by atoms with E-state index in [2.05, 4.69) is 14.9 Å². The number of likely N-dealkylation sites (tertiary alicyclic amines) is 1. The predicted octanol–water partition coefficient (Wildman–Crippen LogP) is 1.78. The van der Waals surface area contributed by atoms with Gasteiger partial charge in [0.25, 0.3) is 0 Å². The number of nitrogens with one attached hydrogen (secondary N) is 1. The zero-order valence-electron chi connectivity index (χ0n) is 14.8. The van der Waals surface area contributed by atoms with Crippen molar-refractivity contribution in [3.63, 3.8) is 0 Å². The first-order chi connectivity index (χ1) is 12.2. The second-order valence-electron chi connectivity index (χ2n) is 7.44. The summed E-state index contributed by atoms with van der Waals surface area (Å²) in [7, 11) is 0. The van der Waals surface area contributed by atoms with E-state index < -0.39 is 0 Å². The minimum absolute atomic E-state index is 0.202. The van der Waals surface area contributed by atoms with Gasteiger partial charge < -0.3 is 14.8 Å². The monoisotopic (exact) mass is 362 g/mol. The number of hydrogen-bond acceptors (Lipinski definition) is 4. The maximum absolute atomic E-state index is 13.1. The lowest BCUT2D eigenvalue weighted by Crippen LogP contribution is -2.60. The quantitative estimate of drug-likeness (QED) is 0.890. The standard InChI is InChI=1S/C18H26N4O2S/c1-25-11-15(23)21-9-6-18(7-10-21)16-14(19-12-20-16)5-8-22(18)17(24)13-3-2-4-13/h12-13H,2-11H2,1H3,(H,19,20). The molecule has 0 bridgehead atoms. The summed E-state index contributed by atoms with van der Waals surface area (Å²) in [6.45, 7) is 2.18. The number of rotatable bonds is 3. The van der Waals surface area contributed by atoms with Gasteiger partial charge in [0.1, 0.15) is 0 Å². The normalized spacial score (nSPS) is 22.6. The molecule has 2 fully saturated rings. The molecule has 0 aromatic carbocycles. The van der Waals surface area contributed by atoms with Crippen LogP contribution in [0.15, 0.2) is 6.33 Å². The van der Waals surface area contributed by atoms with Crippen LogP contribution in [0.25, 0.3) is 0 Å². The fourth-order valence-corrected chi connectivity index (χ4v) is 4.95. The second kappa shape index (κ2) is 6.67. The third-order valence-corrected chi connectivity index (χ3v) is 6.73. The molecule has 7 heteroatoms. The molecule has 2 aliphatic heterocycles. The van der Waals surface area contributed by atoms with Crippen LogP contribution >= 0.6 is 11.8 Å². The molecule has 1 aromatic heterocycles. The van der Waals surface area contributed by atoms with E-state index in [9.17, 15) is 9.59 Å². The lowest BCUT2D eigenvalue weighted by Gasteiger charge is -2.51. The number of carbonyl (C=O) groups is 2. The van der Waals surface area contributed by atoms with E-state index >= 15 is 0 Å². The molecule has 0 unspecified atom stereocenters. The zero-order valence-corrected chi connectivity index (χ0v) is 15.6. The molecule has 1 N–H and O–H groups in total. The molecule has 1 spiro atoms. The number of thioether (sulfide) groups is 1. The molecule has 1 saturated carbocycles. The number of hydrogen-bond donors (Lipinski definition) is 1. The highest BCUT2D eigenvalue weighted by Crippen LogP contribution is 2.44.